The van der Waals surface area contributed by atoms with Gasteiger partial charge < -0.3 is 14.0 Å². The van der Waals surface area contributed by atoms with Crippen molar-refractivity contribution in [3.05, 3.63) is 53.4 Å². The van der Waals surface area contributed by atoms with Crippen LogP contribution in [-0.4, -0.2) is 24.3 Å². The topological polar surface area (TPSA) is 61.6 Å². The maximum Gasteiger partial charge on any atom is 0.360 e. The largest absolute Gasteiger partial charge is 0.461 e. The van der Waals surface area contributed by atoms with E-state index >= 15 is 0 Å². The summed E-state index contributed by atoms with van der Waals surface area (Å²) in [5, 5.41) is 3.65. The van der Waals surface area contributed by atoms with Crippen molar-refractivity contribution in [1.82, 2.24) is 5.16 Å². The van der Waals surface area contributed by atoms with Gasteiger partial charge in [-0.15, -0.1) is 0 Å². The second-order valence-corrected chi connectivity index (χ2v) is 4.54. The van der Waals surface area contributed by atoms with E-state index in [0.29, 0.717) is 25.6 Å². The molecule has 0 saturated heterocycles. The molecule has 0 bridgehead atoms. The van der Waals surface area contributed by atoms with Gasteiger partial charge in [0, 0.05) is 12.7 Å². The number of esters is 1. The van der Waals surface area contributed by atoms with Gasteiger partial charge in [0.15, 0.2) is 11.5 Å². The Morgan fingerprint density at radius 3 is 2.86 bits per heavy atom. The van der Waals surface area contributed by atoms with Gasteiger partial charge in [0.25, 0.3) is 0 Å². The summed E-state index contributed by atoms with van der Waals surface area (Å²) in [6.45, 7) is 3.00. The minimum atomic E-state index is -0.475. The summed E-state index contributed by atoms with van der Waals surface area (Å²) in [6, 6.07) is 11.8. The first-order chi connectivity index (χ1) is 10.3. The molecule has 0 unspecified atom stereocenters. The molecule has 0 aliphatic heterocycles. The molecule has 1 heterocycles. The average molecular weight is 289 g/mol. The number of nitrogens with zero attached hydrogens (tertiary/aromatic N) is 1. The quantitative estimate of drug-likeness (QED) is 0.552. The van der Waals surface area contributed by atoms with Gasteiger partial charge in [-0.1, -0.05) is 35.5 Å². The predicted octanol–water partition coefficient (Wildman–Crippen LogP) is 3.00. The zero-order valence-corrected chi connectivity index (χ0v) is 12.1. The molecule has 1 aromatic heterocycles. The van der Waals surface area contributed by atoms with E-state index in [-0.39, 0.29) is 5.69 Å². The highest BCUT2D eigenvalue weighted by Crippen LogP contribution is 2.08. The predicted molar refractivity (Wildman–Crippen MR) is 76.9 cm³/mol. The van der Waals surface area contributed by atoms with Crippen LogP contribution >= 0.6 is 0 Å². The van der Waals surface area contributed by atoms with E-state index in [4.69, 9.17) is 14.0 Å². The SMILES string of the molecule is CCOC(=O)c1cc(COCCCc2ccccc2)on1. The second-order valence-electron chi connectivity index (χ2n) is 4.54. The third-order valence-corrected chi connectivity index (χ3v) is 2.88. The Morgan fingerprint density at radius 2 is 2.10 bits per heavy atom. The summed E-state index contributed by atoms with van der Waals surface area (Å²) >= 11 is 0. The molecule has 2 aromatic rings. The van der Waals surface area contributed by atoms with Crippen molar-refractivity contribution in [2.45, 2.75) is 26.4 Å². The van der Waals surface area contributed by atoms with Crippen molar-refractivity contribution in [3.8, 4) is 0 Å². The third-order valence-electron chi connectivity index (χ3n) is 2.88. The van der Waals surface area contributed by atoms with E-state index in [9.17, 15) is 4.79 Å². The molecule has 0 atom stereocenters. The smallest absolute Gasteiger partial charge is 0.360 e. The van der Waals surface area contributed by atoms with Crippen LogP contribution in [-0.2, 0) is 22.5 Å². The summed E-state index contributed by atoms with van der Waals surface area (Å²) in [7, 11) is 0. The molecular weight excluding hydrogens is 270 g/mol. The van der Waals surface area contributed by atoms with E-state index in [1.165, 1.54) is 5.56 Å². The average Bonchev–Trinajstić information content (AvgIpc) is 2.97. The molecule has 0 aliphatic carbocycles. The molecule has 2 rings (SSSR count). The Labute approximate surface area is 123 Å². The van der Waals surface area contributed by atoms with Crippen molar-refractivity contribution in [3.63, 3.8) is 0 Å². The van der Waals surface area contributed by atoms with Gasteiger partial charge >= 0.3 is 5.97 Å². The zero-order chi connectivity index (χ0) is 14.9. The van der Waals surface area contributed by atoms with E-state index in [1.807, 2.05) is 18.2 Å². The molecule has 0 saturated carbocycles. The van der Waals surface area contributed by atoms with Crippen LogP contribution in [0.3, 0.4) is 0 Å². The van der Waals surface area contributed by atoms with Gasteiger partial charge in [-0.3, -0.25) is 0 Å². The molecular formula is C16H19NO4. The Hall–Kier alpha value is -2.14. The van der Waals surface area contributed by atoms with Crippen LogP contribution in [0.1, 0.15) is 35.2 Å². The Bertz CT molecular complexity index is 550. The number of carbonyl (C=O) groups is 1. The highest BCUT2D eigenvalue weighted by atomic mass is 16.5. The molecule has 0 amide bonds. The van der Waals surface area contributed by atoms with Crippen LogP contribution in [0, 0.1) is 0 Å². The Balaban J connectivity index is 1.66. The normalized spacial score (nSPS) is 10.5. The van der Waals surface area contributed by atoms with Crippen LogP contribution in [0.4, 0.5) is 0 Å². The molecule has 0 radical (unpaired) electrons. The molecule has 1 aromatic carbocycles. The summed E-state index contributed by atoms with van der Waals surface area (Å²) in [5.41, 5.74) is 1.48. The zero-order valence-electron chi connectivity index (χ0n) is 12.1. The lowest BCUT2D eigenvalue weighted by atomic mass is 10.1. The van der Waals surface area contributed by atoms with Crippen molar-refractivity contribution in [2.75, 3.05) is 13.2 Å². The minimum absolute atomic E-state index is 0.180. The molecule has 0 aliphatic rings. The van der Waals surface area contributed by atoms with E-state index in [0.717, 1.165) is 12.8 Å². The number of ether oxygens (including phenoxy) is 2. The van der Waals surface area contributed by atoms with Crippen LogP contribution in [0.5, 0.6) is 0 Å². The lowest BCUT2D eigenvalue weighted by molar-refractivity contribution is 0.0513. The van der Waals surface area contributed by atoms with E-state index < -0.39 is 5.97 Å². The molecule has 5 heteroatoms. The number of benzene rings is 1. The number of aryl methyl sites for hydroxylation is 1. The number of aromatic nitrogens is 1. The Kier molecular flexibility index (Phi) is 5.97. The molecule has 112 valence electrons. The van der Waals surface area contributed by atoms with Crippen molar-refractivity contribution in [2.24, 2.45) is 0 Å². The summed E-state index contributed by atoms with van der Waals surface area (Å²) in [5.74, 6) is 0.0503. The molecule has 0 N–H and O–H groups in total. The second kappa shape index (κ2) is 8.21. The lowest BCUT2D eigenvalue weighted by Gasteiger charge is -2.02. The maximum atomic E-state index is 11.4. The molecule has 0 spiro atoms. The van der Waals surface area contributed by atoms with Gasteiger partial charge in [-0.25, -0.2) is 4.79 Å². The standard InChI is InChI=1S/C16H19NO4/c1-2-20-16(18)15-11-14(21-17-15)12-19-10-6-9-13-7-4-3-5-8-13/h3-5,7-8,11H,2,6,9-10,12H2,1H3. The fourth-order valence-corrected chi connectivity index (χ4v) is 1.88. The molecule has 0 fully saturated rings. The summed E-state index contributed by atoms with van der Waals surface area (Å²) in [6.07, 6.45) is 1.91. The van der Waals surface area contributed by atoms with Gasteiger partial charge in [-0.05, 0) is 25.3 Å². The summed E-state index contributed by atoms with van der Waals surface area (Å²) in [4.78, 5) is 11.4. The van der Waals surface area contributed by atoms with Gasteiger partial charge in [0.1, 0.15) is 6.61 Å². The van der Waals surface area contributed by atoms with E-state index in [2.05, 4.69) is 17.3 Å². The lowest BCUT2D eigenvalue weighted by Crippen LogP contribution is -2.04. The van der Waals surface area contributed by atoms with E-state index in [1.54, 1.807) is 13.0 Å². The number of hydrogen-bond donors (Lipinski definition) is 0. The number of hydrogen-bond acceptors (Lipinski definition) is 5. The number of rotatable bonds is 8. The highest BCUT2D eigenvalue weighted by molar-refractivity contribution is 5.87. The first kappa shape index (κ1) is 15.3. The van der Waals surface area contributed by atoms with Gasteiger partial charge in [0.05, 0.1) is 6.61 Å². The van der Waals surface area contributed by atoms with Crippen LogP contribution in [0.25, 0.3) is 0 Å². The summed E-state index contributed by atoms with van der Waals surface area (Å²) < 4.78 is 15.4. The Morgan fingerprint density at radius 1 is 1.29 bits per heavy atom. The molecule has 21 heavy (non-hydrogen) atoms. The van der Waals surface area contributed by atoms with Gasteiger partial charge in [0.2, 0.25) is 0 Å². The fraction of sp³-hybridized carbons (Fsp3) is 0.375. The fourth-order valence-electron chi connectivity index (χ4n) is 1.88. The monoisotopic (exact) mass is 289 g/mol. The van der Waals surface area contributed by atoms with Crippen LogP contribution in [0.2, 0.25) is 0 Å². The first-order valence-corrected chi connectivity index (χ1v) is 7.04. The van der Waals surface area contributed by atoms with Crippen LogP contribution < -0.4 is 0 Å². The number of carbonyl (C=O) groups excluding carboxylic acids is 1. The van der Waals surface area contributed by atoms with Crippen LogP contribution in [0.15, 0.2) is 40.9 Å². The van der Waals surface area contributed by atoms with Crippen molar-refractivity contribution in [1.29, 1.82) is 0 Å². The van der Waals surface area contributed by atoms with Crippen molar-refractivity contribution >= 4 is 5.97 Å². The maximum absolute atomic E-state index is 11.4. The minimum Gasteiger partial charge on any atom is -0.461 e. The highest BCUT2D eigenvalue weighted by Gasteiger charge is 2.13. The van der Waals surface area contributed by atoms with Crippen molar-refractivity contribution < 1.29 is 18.8 Å². The molecule has 5 nitrogen and oxygen atoms in total. The van der Waals surface area contributed by atoms with Gasteiger partial charge in [-0.2, -0.15) is 0 Å². The first-order valence-electron chi connectivity index (χ1n) is 7.04. The third kappa shape index (κ3) is 5.04.